The molecule has 0 spiro atoms. The number of carboxylic acid groups (broad SMARTS) is 1. The first kappa shape index (κ1) is 13.0. The smallest absolute Gasteiger partial charge is 0.405 e. The Kier molecular flexibility index (Phi) is 3.93. The van der Waals surface area contributed by atoms with Crippen molar-refractivity contribution in [1.82, 2.24) is 5.32 Å². The van der Waals surface area contributed by atoms with Gasteiger partial charge in [0, 0.05) is 4.47 Å². The lowest BCUT2D eigenvalue weighted by Gasteiger charge is -2.29. The van der Waals surface area contributed by atoms with Gasteiger partial charge in [-0.15, -0.1) is 0 Å². The fourth-order valence-electron chi connectivity index (χ4n) is 1.45. The van der Waals surface area contributed by atoms with E-state index in [-0.39, 0.29) is 0 Å². The molecule has 0 fully saturated rings. The summed E-state index contributed by atoms with van der Waals surface area (Å²) in [6, 6.07) is 6.48. The third-order valence-corrected chi connectivity index (χ3v) is 2.71. The topological polar surface area (TPSA) is 69.6 Å². The minimum absolute atomic E-state index is 0.655. The van der Waals surface area contributed by atoms with Crippen molar-refractivity contribution in [2.24, 2.45) is 0 Å². The van der Waals surface area contributed by atoms with Crippen LogP contribution in [0.4, 0.5) is 4.79 Å². The van der Waals surface area contributed by atoms with Gasteiger partial charge in [-0.2, -0.15) is 0 Å². The molecular formula is C11H14BrNO3. The van der Waals surface area contributed by atoms with Crippen LogP contribution in [0.3, 0.4) is 0 Å². The number of carbonyl (C=O) groups is 1. The maximum atomic E-state index is 10.7. The Morgan fingerprint density at radius 2 is 1.88 bits per heavy atom. The van der Waals surface area contributed by atoms with Gasteiger partial charge in [0.05, 0.1) is 11.6 Å². The summed E-state index contributed by atoms with van der Waals surface area (Å²) in [6.07, 6.45) is -1.16. The molecule has 1 unspecified atom stereocenters. The van der Waals surface area contributed by atoms with Gasteiger partial charge in [-0.05, 0) is 31.5 Å². The Hall–Kier alpha value is -1.07. The van der Waals surface area contributed by atoms with Gasteiger partial charge in [0.15, 0.2) is 0 Å². The molecule has 16 heavy (non-hydrogen) atoms. The number of hydrogen-bond acceptors (Lipinski definition) is 2. The van der Waals surface area contributed by atoms with Crippen LogP contribution in [0.25, 0.3) is 0 Å². The summed E-state index contributed by atoms with van der Waals surface area (Å²) in [5.41, 5.74) is -0.440. The van der Waals surface area contributed by atoms with Gasteiger partial charge in [0.25, 0.3) is 0 Å². The quantitative estimate of drug-likeness (QED) is 0.800. The van der Waals surface area contributed by atoms with Crippen molar-refractivity contribution >= 4 is 22.0 Å². The first-order valence-electron chi connectivity index (χ1n) is 4.78. The van der Waals surface area contributed by atoms with Gasteiger partial charge in [-0.3, -0.25) is 0 Å². The number of benzene rings is 1. The first-order valence-corrected chi connectivity index (χ1v) is 5.57. The first-order chi connectivity index (χ1) is 7.30. The average molecular weight is 288 g/mol. The van der Waals surface area contributed by atoms with Crippen LogP contribution in [0.1, 0.15) is 25.5 Å². The van der Waals surface area contributed by atoms with Crippen molar-refractivity contribution in [3.8, 4) is 0 Å². The molecule has 88 valence electrons. The molecule has 1 amide bonds. The van der Waals surface area contributed by atoms with Crippen LogP contribution >= 0.6 is 15.9 Å². The third-order valence-electron chi connectivity index (χ3n) is 2.18. The molecule has 0 bridgehead atoms. The minimum Gasteiger partial charge on any atom is -0.465 e. The summed E-state index contributed by atoms with van der Waals surface area (Å²) in [5.74, 6) is 0. The Balaban J connectivity index is 3.01. The van der Waals surface area contributed by atoms with Crippen LogP contribution in [0, 0.1) is 0 Å². The predicted molar refractivity (Wildman–Crippen MR) is 64.3 cm³/mol. The Morgan fingerprint density at radius 1 is 1.38 bits per heavy atom. The van der Waals surface area contributed by atoms with E-state index in [0.717, 1.165) is 10.0 Å². The van der Waals surface area contributed by atoms with Gasteiger partial charge in [0.2, 0.25) is 0 Å². The molecule has 0 saturated carbocycles. The molecule has 4 nitrogen and oxygen atoms in total. The molecule has 0 heterocycles. The monoisotopic (exact) mass is 287 g/mol. The van der Waals surface area contributed by atoms with Crippen molar-refractivity contribution < 1.29 is 15.0 Å². The summed E-state index contributed by atoms with van der Waals surface area (Å²) in [7, 11) is 0. The summed E-state index contributed by atoms with van der Waals surface area (Å²) in [6.45, 7) is 3.13. The number of rotatable bonds is 3. The molecule has 0 aliphatic rings. The molecule has 0 aliphatic carbocycles. The van der Waals surface area contributed by atoms with Crippen LogP contribution in [0.2, 0.25) is 0 Å². The predicted octanol–water partition coefficient (Wildman–Crippen LogP) is 2.53. The lowest BCUT2D eigenvalue weighted by molar-refractivity contribution is 0.0372. The SMILES string of the molecule is CC(C)(O)C(NC(=O)O)c1ccc(Br)cc1. The van der Waals surface area contributed by atoms with Crippen LogP contribution in [-0.2, 0) is 0 Å². The highest BCUT2D eigenvalue weighted by atomic mass is 79.9. The Morgan fingerprint density at radius 3 is 2.25 bits per heavy atom. The summed E-state index contributed by atoms with van der Waals surface area (Å²) >= 11 is 3.30. The normalized spacial score (nSPS) is 13.2. The van der Waals surface area contributed by atoms with E-state index in [0.29, 0.717) is 0 Å². The second kappa shape index (κ2) is 4.84. The Labute approximate surface area is 102 Å². The fraction of sp³-hybridized carbons (Fsp3) is 0.364. The molecule has 0 saturated heterocycles. The number of amides is 1. The van der Waals surface area contributed by atoms with E-state index >= 15 is 0 Å². The average Bonchev–Trinajstić information content (AvgIpc) is 2.14. The molecule has 1 atom stereocenters. The van der Waals surface area contributed by atoms with Crippen molar-refractivity contribution in [1.29, 1.82) is 0 Å². The molecule has 3 N–H and O–H groups in total. The second-order valence-corrected chi connectivity index (χ2v) is 5.00. The number of aliphatic hydroxyl groups is 1. The second-order valence-electron chi connectivity index (χ2n) is 4.09. The van der Waals surface area contributed by atoms with Crippen LogP contribution < -0.4 is 5.32 Å². The van der Waals surface area contributed by atoms with Crippen LogP contribution in [0.5, 0.6) is 0 Å². The number of nitrogens with one attached hydrogen (secondary N) is 1. The lowest BCUT2D eigenvalue weighted by atomic mass is 9.92. The number of halogens is 1. The van der Waals surface area contributed by atoms with Gasteiger partial charge >= 0.3 is 6.09 Å². The maximum Gasteiger partial charge on any atom is 0.405 e. The van der Waals surface area contributed by atoms with Gasteiger partial charge in [-0.25, -0.2) is 4.79 Å². The zero-order chi connectivity index (χ0) is 12.3. The van der Waals surface area contributed by atoms with Crippen molar-refractivity contribution in [2.75, 3.05) is 0 Å². The van der Waals surface area contributed by atoms with Gasteiger partial charge in [0.1, 0.15) is 0 Å². The molecule has 1 aromatic carbocycles. The maximum absolute atomic E-state index is 10.7. The van der Waals surface area contributed by atoms with Crippen LogP contribution in [-0.4, -0.2) is 21.9 Å². The third kappa shape index (κ3) is 3.50. The largest absolute Gasteiger partial charge is 0.465 e. The zero-order valence-electron chi connectivity index (χ0n) is 9.07. The van der Waals surface area contributed by atoms with Gasteiger partial charge < -0.3 is 15.5 Å². The summed E-state index contributed by atoms with van der Waals surface area (Å²) < 4.78 is 0.904. The zero-order valence-corrected chi connectivity index (χ0v) is 10.7. The Bertz CT molecular complexity index is 370. The van der Waals surface area contributed by atoms with E-state index in [1.54, 1.807) is 38.1 Å². The van der Waals surface area contributed by atoms with Crippen LogP contribution in [0.15, 0.2) is 28.7 Å². The van der Waals surface area contributed by atoms with E-state index in [1.165, 1.54) is 0 Å². The standard InChI is InChI=1S/C11H14BrNO3/c1-11(2,16)9(13-10(14)15)7-3-5-8(12)6-4-7/h3-6,9,13,16H,1-2H3,(H,14,15). The molecule has 1 rings (SSSR count). The molecule has 5 heteroatoms. The van der Waals surface area contributed by atoms with E-state index in [2.05, 4.69) is 21.2 Å². The van der Waals surface area contributed by atoms with Crippen molar-refractivity contribution in [2.45, 2.75) is 25.5 Å². The molecule has 0 aromatic heterocycles. The highest BCUT2D eigenvalue weighted by molar-refractivity contribution is 9.10. The van der Waals surface area contributed by atoms with E-state index in [1.807, 2.05) is 0 Å². The lowest BCUT2D eigenvalue weighted by Crippen LogP contribution is -2.41. The summed E-state index contributed by atoms with van der Waals surface area (Å²) in [5, 5.41) is 21.0. The van der Waals surface area contributed by atoms with E-state index < -0.39 is 17.7 Å². The molecule has 0 radical (unpaired) electrons. The highest BCUT2D eigenvalue weighted by Gasteiger charge is 2.29. The van der Waals surface area contributed by atoms with Crippen molar-refractivity contribution in [3.63, 3.8) is 0 Å². The highest BCUT2D eigenvalue weighted by Crippen LogP contribution is 2.26. The molecule has 0 aliphatic heterocycles. The fourth-order valence-corrected chi connectivity index (χ4v) is 1.71. The number of hydrogen-bond donors (Lipinski definition) is 3. The molecule has 1 aromatic rings. The van der Waals surface area contributed by atoms with E-state index in [9.17, 15) is 9.90 Å². The van der Waals surface area contributed by atoms with E-state index in [4.69, 9.17) is 5.11 Å². The summed E-state index contributed by atoms with van der Waals surface area (Å²) in [4.78, 5) is 10.7. The van der Waals surface area contributed by atoms with Crippen molar-refractivity contribution in [3.05, 3.63) is 34.3 Å². The van der Waals surface area contributed by atoms with Gasteiger partial charge in [-0.1, -0.05) is 28.1 Å². The molecular weight excluding hydrogens is 274 g/mol. The minimum atomic E-state index is -1.16.